The van der Waals surface area contributed by atoms with Crippen molar-refractivity contribution in [1.29, 1.82) is 0 Å². The number of likely N-dealkylation sites (N-methyl/N-ethyl adjacent to an activating group) is 1. The van der Waals surface area contributed by atoms with Crippen molar-refractivity contribution < 1.29 is 4.79 Å². The van der Waals surface area contributed by atoms with Crippen LogP contribution in [-0.2, 0) is 6.42 Å². The molecule has 2 heterocycles. The lowest BCUT2D eigenvalue weighted by Gasteiger charge is -2.17. The van der Waals surface area contributed by atoms with E-state index < -0.39 is 0 Å². The summed E-state index contributed by atoms with van der Waals surface area (Å²) >= 11 is 0. The summed E-state index contributed by atoms with van der Waals surface area (Å²) in [5, 5.41) is 11.1. The molecule has 0 bridgehead atoms. The number of aromatic nitrogens is 3. The summed E-state index contributed by atoms with van der Waals surface area (Å²) in [4.78, 5) is 18.4. The van der Waals surface area contributed by atoms with E-state index in [1.807, 2.05) is 62.2 Å². The molecule has 1 N–H and O–H groups in total. The van der Waals surface area contributed by atoms with Crippen LogP contribution in [0, 0.1) is 13.8 Å². The number of hydrogen-bond acceptors (Lipinski definition) is 5. The van der Waals surface area contributed by atoms with E-state index in [-0.39, 0.29) is 5.91 Å². The van der Waals surface area contributed by atoms with Gasteiger partial charge in [0.2, 0.25) is 0 Å². The number of pyridine rings is 1. The zero-order chi connectivity index (χ0) is 19.2. The van der Waals surface area contributed by atoms with Crippen molar-refractivity contribution in [3.63, 3.8) is 0 Å². The van der Waals surface area contributed by atoms with Gasteiger partial charge in [-0.25, -0.2) is 0 Å². The fourth-order valence-corrected chi connectivity index (χ4v) is 2.63. The number of aryl methyl sites for hydroxylation is 2. The predicted octanol–water partition coefficient (Wildman–Crippen LogP) is 3.42. The molecule has 6 nitrogen and oxygen atoms in total. The first-order valence-corrected chi connectivity index (χ1v) is 8.85. The van der Waals surface area contributed by atoms with Crippen LogP contribution in [0.5, 0.6) is 0 Å². The molecule has 3 rings (SSSR count). The van der Waals surface area contributed by atoms with Gasteiger partial charge in [-0.1, -0.05) is 6.07 Å². The van der Waals surface area contributed by atoms with E-state index in [9.17, 15) is 4.79 Å². The summed E-state index contributed by atoms with van der Waals surface area (Å²) in [6, 6.07) is 13.3. The van der Waals surface area contributed by atoms with Gasteiger partial charge >= 0.3 is 0 Å². The van der Waals surface area contributed by atoms with Crippen LogP contribution in [0.4, 0.5) is 11.6 Å². The van der Waals surface area contributed by atoms with E-state index in [2.05, 4.69) is 20.5 Å². The first kappa shape index (κ1) is 18.5. The van der Waals surface area contributed by atoms with Gasteiger partial charge in [0.25, 0.3) is 5.91 Å². The van der Waals surface area contributed by atoms with Gasteiger partial charge in [0.05, 0.1) is 0 Å². The number of amides is 1. The zero-order valence-corrected chi connectivity index (χ0v) is 15.8. The average Bonchev–Trinajstić information content (AvgIpc) is 2.69. The molecule has 0 spiro atoms. The molecule has 0 aliphatic heterocycles. The van der Waals surface area contributed by atoms with Crippen molar-refractivity contribution in [1.82, 2.24) is 15.2 Å². The Labute approximate surface area is 159 Å². The first-order valence-electron chi connectivity index (χ1n) is 8.85. The largest absolute Gasteiger partial charge is 0.358 e. The minimum Gasteiger partial charge on any atom is -0.358 e. The first-order chi connectivity index (χ1) is 13.0. The molecule has 0 saturated heterocycles. The van der Waals surface area contributed by atoms with Crippen LogP contribution >= 0.6 is 0 Å². The van der Waals surface area contributed by atoms with Crippen molar-refractivity contribution in [2.75, 3.05) is 23.8 Å². The van der Waals surface area contributed by atoms with E-state index >= 15 is 0 Å². The summed E-state index contributed by atoms with van der Waals surface area (Å²) in [5.41, 5.74) is 4.07. The van der Waals surface area contributed by atoms with E-state index in [1.54, 1.807) is 18.5 Å². The lowest BCUT2D eigenvalue weighted by atomic mass is 10.1. The van der Waals surface area contributed by atoms with Crippen LogP contribution in [0.3, 0.4) is 0 Å². The van der Waals surface area contributed by atoms with Gasteiger partial charge < -0.3 is 10.2 Å². The molecule has 1 amide bonds. The smallest absolute Gasteiger partial charge is 0.256 e. The molecule has 3 aromatic rings. The minimum atomic E-state index is -0.189. The zero-order valence-electron chi connectivity index (χ0n) is 15.8. The Morgan fingerprint density at radius 3 is 2.44 bits per heavy atom. The monoisotopic (exact) mass is 361 g/mol. The molecule has 27 heavy (non-hydrogen) atoms. The number of nitrogens with one attached hydrogen (secondary N) is 1. The van der Waals surface area contributed by atoms with Gasteiger partial charge in [-0.15, -0.1) is 10.2 Å². The summed E-state index contributed by atoms with van der Waals surface area (Å²) in [6.07, 6.45) is 4.48. The Kier molecular flexibility index (Phi) is 5.76. The maximum atomic E-state index is 12.4. The fraction of sp³-hybridized carbons (Fsp3) is 0.238. The van der Waals surface area contributed by atoms with Gasteiger partial charge in [0.1, 0.15) is 0 Å². The Morgan fingerprint density at radius 1 is 1.00 bits per heavy atom. The van der Waals surface area contributed by atoms with Gasteiger partial charge in [0, 0.05) is 31.5 Å². The van der Waals surface area contributed by atoms with Gasteiger partial charge in [-0.3, -0.25) is 9.78 Å². The maximum absolute atomic E-state index is 12.4. The van der Waals surface area contributed by atoms with Crippen LogP contribution in [0.1, 0.15) is 27.0 Å². The molecule has 0 fully saturated rings. The molecule has 0 atom stereocenters. The van der Waals surface area contributed by atoms with Crippen LogP contribution in [0.2, 0.25) is 0 Å². The van der Waals surface area contributed by atoms with Crippen LogP contribution in [0.15, 0.2) is 54.9 Å². The van der Waals surface area contributed by atoms with E-state index in [0.717, 1.165) is 29.9 Å². The normalized spacial score (nSPS) is 10.5. The molecule has 0 radical (unpaired) electrons. The number of nitrogens with zero attached hydrogens (tertiary/aromatic N) is 4. The molecular formula is C21H23N5O. The number of hydrogen-bond donors (Lipinski definition) is 1. The molecule has 1 aromatic carbocycles. The highest BCUT2D eigenvalue weighted by atomic mass is 16.1. The second-order valence-electron chi connectivity index (χ2n) is 6.56. The summed E-state index contributed by atoms with van der Waals surface area (Å²) in [6.45, 7) is 4.82. The molecular weight excluding hydrogens is 338 g/mol. The number of anilines is 2. The van der Waals surface area contributed by atoms with Crippen LogP contribution in [-0.4, -0.2) is 34.7 Å². The third kappa shape index (κ3) is 4.88. The molecule has 0 aliphatic rings. The number of rotatable bonds is 6. The maximum Gasteiger partial charge on any atom is 0.256 e. The molecule has 0 aliphatic carbocycles. The SMILES string of the molecule is Cc1ccc(C(=O)Nc2ccc(N(C)CCc3ccncc3)nn2)cc1C. The fourth-order valence-electron chi connectivity index (χ4n) is 2.63. The summed E-state index contributed by atoms with van der Waals surface area (Å²) in [5.74, 6) is 1.00. The molecule has 2 aromatic heterocycles. The third-order valence-corrected chi connectivity index (χ3v) is 4.54. The molecule has 0 unspecified atom stereocenters. The number of carbonyl (C=O) groups is 1. The van der Waals surface area contributed by atoms with Crippen LogP contribution in [0.25, 0.3) is 0 Å². The molecule has 6 heteroatoms. The Morgan fingerprint density at radius 2 is 1.78 bits per heavy atom. The summed E-state index contributed by atoms with van der Waals surface area (Å²) < 4.78 is 0. The highest BCUT2D eigenvalue weighted by molar-refractivity contribution is 6.03. The van der Waals surface area contributed by atoms with Crippen molar-refractivity contribution >= 4 is 17.5 Å². The van der Waals surface area contributed by atoms with E-state index in [1.165, 1.54) is 5.56 Å². The van der Waals surface area contributed by atoms with E-state index in [0.29, 0.717) is 11.4 Å². The van der Waals surface area contributed by atoms with Crippen molar-refractivity contribution in [2.45, 2.75) is 20.3 Å². The van der Waals surface area contributed by atoms with Gasteiger partial charge in [-0.2, -0.15) is 0 Å². The Bertz CT molecular complexity index is 910. The third-order valence-electron chi connectivity index (χ3n) is 4.54. The standard InChI is InChI=1S/C21H23N5O/c1-15-4-5-18(14-16(15)2)21(27)23-19-6-7-20(25-24-19)26(3)13-10-17-8-11-22-12-9-17/h4-9,11-12,14H,10,13H2,1-3H3,(H,23,24,27). The van der Waals surface area contributed by atoms with Gasteiger partial charge in [0.15, 0.2) is 11.6 Å². The number of benzene rings is 1. The molecule has 138 valence electrons. The highest BCUT2D eigenvalue weighted by Gasteiger charge is 2.09. The highest BCUT2D eigenvalue weighted by Crippen LogP contribution is 2.14. The topological polar surface area (TPSA) is 71.0 Å². The second-order valence-corrected chi connectivity index (χ2v) is 6.56. The minimum absolute atomic E-state index is 0.189. The second kappa shape index (κ2) is 8.40. The Hall–Kier alpha value is -3.28. The lowest BCUT2D eigenvalue weighted by molar-refractivity contribution is 0.102. The van der Waals surface area contributed by atoms with Gasteiger partial charge in [-0.05, 0) is 73.4 Å². The Balaban J connectivity index is 1.59. The van der Waals surface area contributed by atoms with Crippen molar-refractivity contribution in [3.05, 3.63) is 77.1 Å². The van der Waals surface area contributed by atoms with Crippen LogP contribution < -0.4 is 10.2 Å². The lowest BCUT2D eigenvalue weighted by Crippen LogP contribution is -2.22. The predicted molar refractivity (Wildman–Crippen MR) is 107 cm³/mol. The number of carbonyl (C=O) groups excluding carboxylic acids is 1. The van der Waals surface area contributed by atoms with Crippen molar-refractivity contribution in [3.8, 4) is 0 Å². The van der Waals surface area contributed by atoms with Crippen molar-refractivity contribution in [2.24, 2.45) is 0 Å². The molecule has 0 saturated carbocycles. The quantitative estimate of drug-likeness (QED) is 0.728. The summed E-state index contributed by atoms with van der Waals surface area (Å²) in [7, 11) is 1.97. The average molecular weight is 361 g/mol. The van der Waals surface area contributed by atoms with E-state index in [4.69, 9.17) is 0 Å².